The summed E-state index contributed by atoms with van der Waals surface area (Å²) in [4.78, 5) is 0. The summed E-state index contributed by atoms with van der Waals surface area (Å²) in [5, 5.41) is 15.3. The van der Waals surface area contributed by atoms with Crippen molar-refractivity contribution in [1.29, 1.82) is 0 Å². The Hall–Kier alpha value is -1.30. The lowest BCUT2D eigenvalue weighted by Crippen LogP contribution is -2.35. The summed E-state index contributed by atoms with van der Waals surface area (Å²) in [5.74, 6) is 0.523. The van der Waals surface area contributed by atoms with E-state index in [2.05, 4.69) is 35.6 Å². The Morgan fingerprint density at radius 3 is 2.76 bits per heavy atom. The zero-order chi connectivity index (χ0) is 11.7. The predicted octanol–water partition coefficient (Wildman–Crippen LogP) is 1.90. The van der Waals surface area contributed by atoms with Crippen LogP contribution in [0.3, 0.4) is 0 Å². The number of fused-ring (bicyclic) bond motifs is 1. The van der Waals surface area contributed by atoms with Gasteiger partial charge >= 0.3 is 0 Å². The molecule has 0 spiro atoms. The summed E-state index contributed by atoms with van der Waals surface area (Å²) < 4.78 is 0. The maximum Gasteiger partial charge on any atom is 0.251 e. The second-order valence-corrected chi connectivity index (χ2v) is 4.35. The number of nitrogens with zero attached hydrogens (tertiary/aromatic N) is 2. The number of allylic oxidation sites excluding steroid dienone is 4. The highest BCUT2D eigenvalue weighted by atomic mass is 79.9. The van der Waals surface area contributed by atoms with Crippen molar-refractivity contribution in [3.8, 4) is 0 Å². The third-order valence-electron chi connectivity index (χ3n) is 3.03. The molecule has 4 N–H and O–H groups in total. The Labute approximate surface area is 111 Å². The Kier molecular flexibility index (Phi) is 4.34. The molecule has 94 valence electrons. The number of hydrazone groups is 1. The molecular formula is C11H17BrN4O. The lowest BCUT2D eigenvalue weighted by atomic mass is 9.69. The van der Waals surface area contributed by atoms with Crippen LogP contribution in [-0.2, 0) is 0 Å². The van der Waals surface area contributed by atoms with Crippen LogP contribution in [0.4, 0.5) is 0 Å². The van der Waals surface area contributed by atoms with E-state index in [0.29, 0.717) is 5.92 Å². The molecule has 1 atom stereocenters. The molecule has 0 aromatic carbocycles. The van der Waals surface area contributed by atoms with Crippen LogP contribution in [0.2, 0.25) is 0 Å². The van der Waals surface area contributed by atoms with Gasteiger partial charge in [0.05, 0.1) is 5.71 Å². The van der Waals surface area contributed by atoms with Gasteiger partial charge in [-0.15, -0.1) is 17.0 Å². The van der Waals surface area contributed by atoms with E-state index in [4.69, 9.17) is 10.9 Å². The van der Waals surface area contributed by atoms with Crippen LogP contribution in [0.1, 0.15) is 26.7 Å². The monoisotopic (exact) mass is 300 g/mol. The molecule has 0 bridgehead atoms. The minimum Gasteiger partial charge on any atom is -0.408 e. The molecule has 0 aromatic heterocycles. The second-order valence-electron chi connectivity index (χ2n) is 4.35. The van der Waals surface area contributed by atoms with Crippen molar-refractivity contribution in [3.05, 3.63) is 22.8 Å². The van der Waals surface area contributed by atoms with Crippen molar-refractivity contribution in [2.75, 3.05) is 0 Å². The molecule has 2 aliphatic carbocycles. The number of hydrogen-bond donors (Lipinski definition) is 3. The fourth-order valence-corrected chi connectivity index (χ4v) is 2.42. The molecule has 5 nitrogen and oxygen atoms in total. The fraction of sp³-hybridized carbons (Fsp3) is 0.455. The second kappa shape index (κ2) is 5.35. The Balaban J connectivity index is 0.00000144. The van der Waals surface area contributed by atoms with Gasteiger partial charge in [-0.05, 0) is 48.9 Å². The molecular weight excluding hydrogens is 284 g/mol. The molecule has 1 unspecified atom stereocenters. The first kappa shape index (κ1) is 13.8. The molecule has 0 aliphatic heterocycles. The van der Waals surface area contributed by atoms with Crippen molar-refractivity contribution < 1.29 is 5.21 Å². The van der Waals surface area contributed by atoms with Crippen molar-refractivity contribution in [2.24, 2.45) is 21.9 Å². The Bertz CT molecular complexity index is 437. The van der Waals surface area contributed by atoms with Gasteiger partial charge in [0.25, 0.3) is 5.96 Å². The van der Waals surface area contributed by atoms with Crippen LogP contribution >= 0.6 is 17.0 Å². The van der Waals surface area contributed by atoms with Crippen molar-refractivity contribution in [3.63, 3.8) is 0 Å². The lowest BCUT2D eigenvalue weighted by molar-refractivity contribution is 0.316. The molecule has 0 aromatic rings. The normalized spacial score (nSPS) is 25.8. The molecule has 17 heavy (non-hydrogen) atoms. The van der Waals surface area contributed by atoms with Crippen LogP contribution in [0, 0.1) is 5.92 Å². The van der Waals surface area contributed by atoms with Gasteiger partial charge in [-0.3, -0.25) is 0 Å². The average Bonchev–Trinajstić information content (AvgIpc) is 2.19. The van der Waals surface area contributed by atoms with Crippen molar-refractivity contribution >= 4 is 28.7 Å². The summed E-state index contributed by atoms with van der Waals surface area (Å²) >= 11 is 0. The van der Waals surface area contributed by atoms with Gasteiger partial charge in [-0.25, -0.2) is 5.43 Å². The van der Waals surface area contributed by atoms with Crippen LogP contribution in [0.15, 0.2) is 33.1 Å². The molecule has 0 amide bonds. The van der Waals surface area contributed by atoms with E-state index in [1.807, 2.05) is 0 Å². The van der Waals surface area contributed by atoms with E-state index in [9.17, 15) is 0 Å². The van der Waals surface area contributed by atoms with Gasteiger partial charge in [0.1, 0.15) is 0 Å². The number of hydrogen-bond acceptors (Lipinski definition) is 3. The molecule has 1 fully saturated rings. The van der Waals surface area contributed by atoms with Gasteiger partial charge in [-0.2, -0.15) is 5.10 Å². The molecule has 6 heteroatoms. The van der Waals surface area contributed by atoms with E-state index < -0.39 is 0 Å². The number of guanidine groups is 1. The quantitative estimate of drug-likeness (QED) is 0.299. The standard InChI is InChI=1S/C11H16N4O.BrH/c1-6-3-7(2)10-8(4-6)5-9(10)13-14-11(12)15-16;/h3,8,16H,4-5H2,1-2H3,(H3,12,14,15);1H. The van der Waals surface area contributed by atoms with Gasteiger partial charge in [-0.1, -0.05) is 11.6 Å². The molecule has 0 heterocycles. The maximum absolute atomic E-state index is 8.37. The fourth-order valence-electron chi connectivity index (χ4n) is 2.42. The van der Waals surface area contributed by atoms with E-state index >= 15 is 0 Å². The average molecular weight is 301 g/mol. The van der Waals surface area contributed by atoms with E-state index in [0.717, 1.165) is 18.6 Å². The SMILES string of the molecule is Br.CC1=CC(C)=C2C(=NNC(N)=NO)CC2C1. The third-order valence-corrected chi connectivity index (χ3v) is 3.03. The number of halogens is 1. The molecule has 1 saturated carbocycles. The molecule has 2 aliphatic rings. The number of rotatable bonds is 1. The minimum atomic E-state index is -0.0864. The number of nitrogens with one attached hydrogen (secondary N) is 1. The maximum atomic E-state index is 8.37. The van der Waals surface area contributed by atoms with Crippen LogP contribution in [0.5, 0.6) is 0 Å². The third kappa shape index (κ3) is 2.69. The smallest absolute Gasteiger partial charge is 0.251 e. The summed E-state index contributed by atoms with van der Waals surface area (Å²) in [6.45, 7) is 4.26. The van der Waals surface area contributed by atoms with Gasteiger partial charge in [0.2, 0.25) is 0 Å². The summed E-state index contributed by atoms with van der Waals surface area (Å²) in [5.41, 5.74) is 12.8. The van der Waals surface area contributed by atoms with Crippen LogP contribution in [-0.4, -0.2) is 16.9 Å². The molecule has 2 rings (SSSR count). The first-order chi connectivity index (χ1) is 7.61. The van der Waals surface area contributed by atoms with Crippen molar-refractivity contribution in [1.82, 2.24) is 5.43 Å². The van der Waals surface area contributed by atoms with Crippen LogP contribution < -0.4 is 11.2 Å². The zero-order valence-electron chi connectivity index (χ0n) is 9.90. The first-order valence-electron chi connectivity index (χ1n) is 5.30. The van der Waals surface area contributed by atoms with Gasteiger partial charge in [0, 0.05) is 0 Å². The summed E-state index contributed by atoms with van der Waals surface area (Å²) in [7, 11) is 0. The highest BCUT2D eigenvalue weighted by Crippen LogP contribution is 2.41. The molecule has 0 saturated heterocycles. The van der Waals surface area contributed by atoms with E-state index in [-0.39, 0.29) is 22.9 Å². The topological polar surface area (TPSA) is 83.0 Å². The molecule has 0 radical (unpaired) electrons. The summed E-state index contributed by atoms with van der Waals surface area (Å²) in [6, 6.07) is 0. The summed E-state index contributed by atoms with van der Waals surface area (Å²) in [6.07, 6.45) is 4.28. The van der Waals surface area contributed by atoms with E-state index in [1.54, 1.807) is 0 Å². The largest absolute Gasteiger partial charge is 0.408 e. The van der Waals surface area contributed by atoms with Crippen LogP contribution in [0.25, 0.3) is 0 Å². The van der Waals surface area contributed by atoms with Crippen molar-refractivity contribution in [2.45, 2.75) is 26.7 Å². The van der Waals surface area contributed by atoms with Gasteiger partial charge in [0.15, 0.2) is 0 Å². The minimum absolute atomic E-state index is 0. The number of oxime groups is 1. The number of nitrogens with two attached hydrogens (primary N) is 1. The highest BCUT2D eigenvalue weighted by molar-refractivity contribution is 8.93. The Morgan fingerprint density at radius 2 is 2.18 bits per heavy atom. The first-order valence-corrected chi connectivity index (χ1v) is 5.30. The van der Waals surface area contributed by atoms with Gasteiger partial charge < -0.3 is 10.9 Å². The predicted molar refractivity (Wildman–Crippen MR) is 73.5 cm³/mol. The van der Waals surface area contributed by atoms with E-state index in [1.165, 1.54) is 16.7 Å². The zero-order valence-corrected chi connectivity index (χ0v) is 11.6. The highest BCUT2D eigenvalue weighted by Gasteiger charge is 2.34. The Morgan fingerprint density at radius 1 is 1.47 bits per heavy atom. The lowest BCUT2D eigenvalue weighted by Gasteiger charge is -2.36.